The van der Waals surface area contributed by atoms with Crippen LogP contribution in [0.3, 0.4) is 0 Å². The van der Waals surface area contributed by atoms with Crippen LogP contribution in [0.1, 0.15) is 37.7 Å². The van der Waals surface area contributed by atoms with Crippen LogP contribution in [0.25, 0.3) is 0 Å². The summed E-state index contributed by atoms with van der Waals surface area (Å²) in [6.45, 7) is 4.01. The standard InChI is InChI=1S/C20H31N3O2.2ClH/c21-13-17-8-4-5-9-19(17)22-20(24)12-18-15-23(10-11-25-18)14-16-6-2-1-3-7-16;;/h1-3,6-7,17-19H,4-5,8-15,21H2,(H,22,24);2*1H. The van der Waals surface area contributed by atoms with Crippen LogP contribution < -0.4 is 11.1 Å². The third-order valence-corrected chi connectivity index (χ3v) is 5.44. The van der Waals surface area contributed by atoms with Gasteiger partial charge in [0, 0.05) is 25.7 Å². The molecule has 7 heteroatoms. The van der Waals surface area contributed by atoms with E-state index in [0.717, 1.165) is 32.5 Å². The van der Waals surface area contributed by atoms with Gasteiger partial charge in [0.25, 0.3) is 0 Å². The van der Waals surface area contributed by atoms with E-state index in [1.54, 1.807) is 0 Å². The summed E-state index contributed by atoms with van der Waals surface area (Å²) in [5.41, 5.74) is 7.17. The molecule has 1 aromatic rings. The highest BCUT2D eigenvalue weighted by molar-refractivity contribution is 5.85. The maximum Gasteiger partial charge on any atom is 0.222 e. The van der Waals surface area contributed by atoms with Gasteiger partial charge in [-0.3, -0.25) is 9.69 Å². The molecule has 1 heterocycles. The van der Waals surface area contributed by atoms with Crippen molar-refractivity contribution in [2.75, 3.05) is 26.2 Å². The molecule has 1 aromatic carbocycles. The number of carbonyl (C=O) groups excluding carboxylic acids is 1. The third-order valence-electron chi connectivity index (χ3n) is 5.44. The lowest BCUT2D eigenvalue weighted by atomic mass is 9.84. The molecule has 1 saturated carbocycles. The molecule has 3 N–H and O–H groups in total. The topological polar surface area (TPSA) is 67.6 Å². The van der Waals surface area contributed by atoms with Gasteiger partial charge in [0.15, 0.2) is 0 Å². The number of nitrogens with two attached hydrogens (primary N) is 1. The van der Waals surface area contributed by atoms with Crippen LogP contribution in [0.4, 0.5) is 0 Å². The summed E-state index contributed by atoms with van der Waals surface area (Å²) in [4.78, 5) is 14.8. The van der Waals surface area contributed by atoms with Crippen LogP contribution in [0, 0.1) is 5.92 Å². The van der Waals surface area contributed by atoms with Gasteiger partial charge in [0.05, 0.1) is 19.1 Å². The highest BCUT2D eigenvalue weighted by Crippen LogP contribution is 2.23. The molecule has 1 aliphatic carbocycles. The number of benzene rings is 1. The smallest absolute Gasteiger partial charge is 0.222 e. The molecule has 5 nitrogen and oxygen atoms in total. The van der Waals surface area contributed by atoms with E-state index in [-0.39, 0.29) is 42.9 Å². The maximum atomic E-state index is 12.5. The molecule has 3 rings (SSSR count). The Morgan fingerprint density at radius 2 is 1.93 bits per heavy atom. The highest BCUT2D eigenvalue weighted by atomic mass is 35.5. The second-order valence-electron chi connectivity index (χ2n) is 7.37. The molecule has 1 amide bonds. The summed E-state index contributed by atoms with van der Waals surface area (Å²) >= 11 is 0. The molecule has 1 aliphatic heterocycles. The van der Waals surface area contributed by atoms with E-state index in [1.807, 2.05) is 6.07 Å². The number of nitrogens with one attached hydrogen (secondary N) is 1. The van der Waals surface area contributed by atoms with Gasteiger partial charge in [0.1, 0.15) is 0 Å². The number of rotatable bonds is 6. The number of amides is 1. The van der Waals surface area contributed by atoms with Crippen molar-refractivity contribution in [2.45, 2.75) is 50.8 Å². The number of hydrogen-bond acceptors (Lipinski definition) is 4. The Morgan fingerprint density at radius 1 is 1.19 bits per heavy atom. The third kappa shape index (κ3) is 7.59. The van der Waals surface area contributed by atoms with Gasteiger partial charge in [-0.2, -0.15) is 0 Å². The minimum atomic E-state index is -0.0163. The zero-order valence-electron chi connectivity index (χ0n) is 15.8. The normalized spacial score (nSPS) is 25.7. The molecular formula is C20H33Cl2N3O2. The number of morpholine rings is 1. The summed E-state index contributed by atoms with van der Waals surface area (Å²) < 4.78 is 5.83. The number of hydrogen-bond donors (Lipinski definition) is 2. The van der Waals surface area contributed by atoms with Crippen LogP contribution in [-0.4, -0.2) is 49.2 Å². The summed E-state index contributed by atoms with van der Waals surface area (Å²) in [6.07, 6.45) is 5.03. The summed E-state index contributed by atoms with van der Waals surface area (Å²) in [5, 5.41) is 3.21. The first-order chi connectivity index (χ1) is 12.2. The molecule has 154 valence electrons. The monoisotopic (exact) mass is 417 g/mol. The fourth-order valence-electron chi connectivity index (χ4n) is 4.04. The van der Waals surface area contributed by atoms with Gasteiger partial charge in [0.2, 0.25) is 5.91 Å². The van der Waals surface area contributed by atoms with Gasteiger partial charge in [-0.25, -0.2) is 0 Å². The van der Waals surface area contributed by atoms with Crippen molar-refractivity contribution in [1.29, 1.82) is 0 Å². The van der Waals surface area contributed by atoms with Crippen LogP contribution in [0.15, 0.2) is 30.3 Å². The first-order valence-corrected chi connectivity index (χ1v) is 9.62. The first-order valence-electron chi connectivity index (χ1n) is 9.62. The Hall–Kier alpha value is -0.850. The van der Waals surface area contributed by atoms with Crippen LogP contribution >= 0.6 is 24.8 Å². The predicted molar refractivity (Wildman–Crippen MR) is 114 cm³/mol. The molecule has 1 saturated heterocycles. The maximum absolute atomic E-state index is 12.5. The minimum Gasteiger partial charge on any atom is -0.375 e. The largest absolute Gasteiger partial charge is 0.375 e. The molecule has 0 radical (unpaired) electrons. The van der Waals surface area contributed by atoms with E-state index in [1.165, 1.54) is 18.4 Å². The van der Waals surface area contributed by atoms with E-state index in [4.69, 9.17) is 10.5 Å². The zero-order valence-corrected chi connectivity index (χ0v) is 17.5. The predicted octanol–water partition coefficient (Wildman–Crippen LogP) is 2.75. The average molecular weight is 418 g/mol. The second-order valence-corrected chi connectivity index (χ2v) is 7.37. The quantitative estimate of drug-likeness (QED) is 0.746. The van der Waals surface area contributed by atoms with Crippen LogP contribution in [0.2, 0.25) is 0 Å². The average Bonchev–Trinajstić information content (AvgIpc) is 2.63. The van der Waals surface area contributed by atoms with E-state index in [2.05, 4.69) is 34.5 Å². The molecule has 0 spiro atoms. The van der Waals surface area contributed by atoms with E-state index in [9.17, 15) is 4.79 Å². The summed E-state index contributed by atoms with van der Waals surface area (Å²) in [7, 11) is 0. The molecule has 3 unspecified atom stereocenters. The lowest BCUT2D eigenvalue weighted by molar-refractivity contribution is -0.127. The van der Waals surface area contributed by atoms with Crippen molar-refractivity contribution >= 4 is 30.7 Å². The van der Waals surface area contributed by atoms with Crippen LogP contribution in [-0.2, 0) is 16.1 Å². The van der Waals surface area contributed by atoms with Crippen molar-refractivity contribution in [3.8, 4) is 0 Å². The Morgan fingerprint density at radius 3 is 2.67 bits per heavy atom. The number of ether oxygens (including phenoxy) is 1. The molecule has 27 heavy (non-hydrogen) atoms. The summed E-state index contributed by atoms with van der Waals surface area (Å²) in [6, 6.07) is 10.7. The molecule has 2 aliphatic rings. The molecular weight excluding hydrogens is 385 g/mol. The van der Waals surface area contributed by atoms with E-state index >= 15 is 0 Å². The second kappa shape index (κ2) is 12.6. The van der Waals surface area contributed by atoms with Gasteiger partial charge >= 0.3 is 0 Å². The zero-order chi connectivity index (χ0) is 17.5. The van der Waals surface area contributed by atoms with Crippen molar-refractivity contribution in [2.24, 2.45) is 11.7 Å². The van der Waals surface area contributed by atoms with Crippen molar-refractivity contribution in [3.05, 3.63) is 35.9 Å². The van der Waals surface area contributed by atoms with Gasteiger partial charge in [-0.1, -0.05) is 43.2 Å². The fourth-order valence-corrected chi connectivity index (χ4v) is 4.04. The van der Waals surface area contributed by atoms with Gasteiger partial charge < -0.3 is 15.8 Å². The minimum absolute atomic E-state index is 0. The summed E-state index contributed by atoms with van der Waals surface area (Å²) in [5.74, 6) is 0.538. The Kier molecular flexibility index (Phi) is 11.3. The number of halogens is 2. The molecule has 0 bridgehead atoms. The molecule has 3 atom stereocenters. The Labute approximate surface area is 175 Å². The van der Waals surface area contributed by atoms with Crippen molar-refractivity contribution in [3.63, 3.8) is 0 Å². The van der Waals surface area contributed by atoms with Gasteiger partial charge in [-0.05, 0) is 30.9 Å². The SMILES string of the molecule is Cl.Cl.NCC1CCCCC1NC(=O)CC1CN(Cc2ccccc2)CCO1. The lowest BCUT2D eigenvalue weighted by Crippen LogP contribution is -2.48. The van der Waals surface area contributed by atoms with Crippen LogP contribution in [0.5, 0.6) is 0 Å². The number of nitrogens with zero attached hydrogens (tertiary/aromatic N) is 1. The number of carbonyl (C=O) groups is 1. The van der Waals surface area contributed by atoms with Crippen molar-refractivity contribution < 1.29 is 9.53 Å². The molecule has 0 aromatic heterocycles. The highest BCUT2D eigenvalue weighted by Gasteiger charge is 2.28. The van der Waals surface area contributed by atoms with E-state index < -0.39 is 0 Å². The van der Waals surface area contributed by atoms with E-state index in [0.29, 0.717) is 25.5 Å². The first kappa shape index (κ1) is 24.2. The van der Waals surface area contributed by atoms with Gasteiger partial charge in [-0.15, -0.1) is 24.8 Å². The van der Waals surface area contributed by atoms with Crippen molar-refractivity contribution in [1.82, 2.24) is 10.2 Å². The Balaban J connectivity index is 0.00000182. The fraction of sp³-hybridized carbons (Fsp3) is 0.650. The lowest BCUT2D eigenvalue weighted by Gasteiger charge is -2.34. The Bertz CT molecular complexity index is 547. The molecule has 2 fully saturated rings.